The van der Waals surface area contributed by atoms with Crippen molar-refractivity contribution in [2.75, 3.05) is 12.4 Å². The molecule has 1 aromatic heterocycles. The molecule has 0 aliphatic rings. The van der Waals surface area contributed by atoms with Gasteiger partial charge >= 0.3 is 5.97 Å². The first-order valence-electron chi connectivity index (χ1n) is 8.65. The number of aromatic nitrogens is 2. The molecule has 28 heavy (non-hydrogen) atoms. The van der Waals surface area contributed by atoms with Crippen molar-refractivity contribution in [1.29, 1.82) is 0 Å². The van der Waals surface area contributed by atoms with E-state index >= 15 is 0 Å². The van der Waals surface area contributed by atoms with Crippen molar-refractivity contribution >= 4 is 23.4 Å². The maximum Gasteiger partial charge on any atom is 0.376 e. The van der Waals surface area contributed by atoms with Crippen molar-refractivity contribution in [2.45, 2.75) is 20.4 Å². The zero-order valence-electron chi connectivity index (χ0n) is 15.8. The van der Waals surface area contributed by atoms with Crippen molar-refractivity contribution in [3.63, 3.8) is 0 Å². The van der Waals surface area contributed by atoms with Crippen LogP contribution < -0.4 is 10.1 Å². The Kier molecular flexibility index (Phi) is 6.11. The molecule has 0 amide bonds. The third kappa shape index (κ3) is 4.78. The first-order valence-corrected chi connectivity index (χ1v) is 9.03. The Morgan fingerprint density at radius 1 is 1.11 bits per heavy atom. The molecule has 7 heteroatoms. The van der Waals surface area contributed by atoms with Gasteiger partial charge in [0.05, 0.1) is 7.11 Å². The number of ether oxygens (including phenoxy) is 2. The number of hydrogen-bond donors (Lipinski definition) is 1. The molecule has 0 saturated carbocycles. The number of anilines is 1. The van der Waals surface area contributed by atoms with E-state index in [1.807, 2.05) is 37.3 Å². The summed E-state index contributed by atoms with van der Waals surface area (Å²) >= 11 is 6.16. The van der Waals surface area contributed by atoms with Crippen LogP contribution in [0.15, 0.2) is 48.7 Å². The number of carbonyl (C=O) groups excluding carboxylic acids is 1. The number of benzene rings is 2. The molecular weight excluding hydrogens is 378 g/mol. The molecule has 0 spiro atoms. The summed E-state index contributed by atoms with van der Waals surface area (Å²) in [7, 11) is 1.29. The summed E-state index contributed by atoms with van der Waals surface area (Å²) in [6.07, 6.45) is 1.49. The second-order valence-electron chi connectivity index (χ2n) is 6.21. The fourth-order valence-corrected chi connectivity index (χ4v) is 2.72. The van der Waals surface area contributed by atoms with Gasteiger partial charge in [0.1, 0.15) is 17.3 Å². The van der Waals surface area contributed by atoms with Crippen molar-refractivity contribution in [2.24, 2.45) is 0 Å². The Labute approximate surface area is 168 Å². The molecule has 3 rings (SSSR count). The number of halogens is 1. The largest absolute Gasteiger partial charge is 0.463 e. The number of methoxy groups -OCH3 is 1. The molecule has 0 saturated heterocycles. The second kappa shape index (κ2) is 8.71. The number of hydrogen-bond acceptors (Lipinski definition) is 6. The minimum Gasteiger partial charge on any atom is -0.463 e. The van der Waals surface area contributed by atoms with Crippen molar-refractivity contribution in [1.82, 2.24) is 9.97 Å². The van der Waals surface area contributed by atoms with Gasteiger partial charge < -0.3 is 14.8 Å². The lowest BCUT2D eigenvalue weighted by Gasteiger charge is -2.14. The molecule has 3 aromatic rings. The lowest BCUT2D eigenvalue weighted by atomic mass is 10.1. The van der Waals surface area contributed by atoms with Gasteiger partial charge in [-0.2, -0.15) is 0 Å². The quantitative estimate of drug-likeness (QED) is 0.594. The average Bonchev–Trinajstić information content (AvgIpc) is 2.70. The first kappa shape index (κ1) is 19.6. The van der Waals surface area contributed by atoms with Crippen molar-refractivity contribution < 1.29 is 14.3 Å². The summed E-state index contributed by atoms with van der Waals surface area (Å²) < 4.78 is 10.7. The van der Waals surface area contributed by atoms with Gasteiger partial charge in [-0.25, -0.2) is 14.8 Å². The minimum absolute atomic E-state index is 0.00908. The first-order chi connectivity index (χ1) is 13.5. The predicted octanol–water partition coefficient (Wildman–Crippen LogP) is 4.94. The van der Waals surface area contributed by atoms with E-state index in [0.717, 1.165) is 16.9 Å². The summed E-state index contributed by atoms with van der Waals surface area (Å²) in [5.74, 6) is 1.33. The topological polar surface area (TPSA) is 73.3 Å². The monoisotopic (exact) mass is 397 g/mol. The van der Waals surface area contributed by atoms with E-state index in [-0.39, 0.29) is 5.82 Å². The molecule has 144 valence electrons. The number of rotatable bonds is 6. The number of nitrogens with zero attached hydrogens (tertiary/aromatic N) is 2. The van der Waals surface area contributed by atoms with Crippen LogP contribution in [0.3, 0.4) is 0 Å². The van der Waals surface area contributed by atoms with E-state index in [1.54, 1.807) is 12.1 Å². The van der Waals surface area contributed by atoms with E-state index < -0.39 is 5.97 Å². The van der Waals surface area contributed by atoms with E-state index in [2.05, 4.69) is 26.9 Å². The van der Waals surface area contributed by atoms with E-state index in [1.165, 1.54) is 18.9 Å². The summed E-state index contributed by atoms with van der Waals surface area (Å²) in [6.45, 7) is 4.50. The molecule has 0 unspecified atom stereocenters. The SMILES string of the molecule is COC(=O)c1nccc(NCc2cc(Cl)ccc2Oc2ccc(C)c(C)c2)n1. The molecule has 0 fully saturated rings. The number of esters is 1. The molecule has 0 aliphatic heterocycles. The molecule has 2 aromatic carbocycles. The summed E-state index contributed by atoms with van der Waals surface area (Å²) in [5, 5.41) is 3.76. The van der Waals surface area contributed by atoms with Gasteiger partial charge in [-0.1, -0.05) is 17.7 Å². The van der Waals surface area contributed by atoms with Crippen LogP contribution in [0.2, 0.25) is 5.02 Å². The third-order valence-electron chi connectivity index (χ3n) is 4.21. The molecule has 0 aliphatic carbocycles. The Morgan fingerprint density at radius 3 is 2.68 bits per heavy atom. The lowest BCUT2D eigenvalue weighted by molar-refractivity contribution is 0.0587. The summed E-state index contributed by atoms with van der Waals surface area (Å²) in [6, 6.07) is 13.0. The zero-order valence-corrected chi connectivity index (χ0v) is 16.6. The zero-order chi connectivity index (χ0) is 20.1. The predicted molar refractivity (Wildman–Crippen MR) is 108 cm³/mol. The van der Waals surface area contributed by atoms with Crippen LogP contribution in [0.4, 0.5) is 5.82 Å². The highest BCUT2D eigenvalue weighted by Gasteiger charge is 2.11. The normalized spacial score (nSPS) is 10.4. The highest BCUT2D eigenvalue weighted by molar-refractivity contribution is 6.30. The van der Waals surface area contributed by atoms with Crippen LogP contribution in [0.25, 0.3) is 0 Å². The van der Waals surface area contributed by atoms with Crippen LogP contribution in [0.1, 0.15) is 27.3 Å². The number of nitrogens with one attached hydrogen (secondary N) is 1. The molecule has 0 bridgehead atoms. The molecule has 1 N–H and O–H groups in total. The van der Waals surface area contributed by atoms with Gasteiger partial charge in [0.2, 0.25) is 5.82 Å². The van der Waals surface area contributed by atoms with Gasteiger partial charge in [0, 0.05) is 23.3 Å². The number of carbonyl (C=O) groups is 1. The Morgan fingerprint density at radius 2 is 1.93 bits per heavy atom. The van der Waals surface area contributed by atoms with Gasteiger partial charge in [0.25, 0.3) is 0 Å². The highest BCUT2D eigenvalue weighted by atomic mass is 35.5. The Balaban J connectivity index is 1.79. The van der Waals surface area contributed by atoms with Gasteiger partial charge in [-0.15, -0.1) is 0 Å². The van der Waals surface area contributed by atoms with Crippen molar-refractivity contribution in [3.8, 4) is 11.5 Å². The fourth-order valence-electron chi connectivity index (χ4n) is 2.52. The molecule has 0 atom stereocenters. The molecular formula is C21H20ClN3O3. The van der Waals surface area contributed by atoms with E-state index in [0.29, 0.717) is 23.1 Å². The molecule has 1 heterocycles. The van der Waals surface area contributed by atoms with Gasteiger partial charge in [-0.3, -0.25) is 0 Å². The fraction of sp³-hybridized carbons (Fsp3) is 0.190. The van der Waals surface area contributed by atoms with Crippen molar-refractivity contribution in [3.05, 3.63) is 76.2 Å². The highest BCUT2D eigenvalue weighted by Crippen LogP contribution is 2.29. The smallest absolute Gasteiger partial charge is 0.376 e. The molecule has 0 radical (unpaired) electrons. The standard InChI is InChI=1S/C21H20ClN3O3/c1-13-4-6-17(10-14(13)2)28-18-7-5-16(22)11-15(18)12-24-19-8-9-23-20(25-19)21(26)27-3/h4-11H,12H2,1-3H3,(H,23,24,25). The van der Waals surface area contributed by atoms with Crippen LogP contribution >= 0.6 is 11.6 Å². The van der Waals surface area contributed by atoms with Crippen LogP contribution in [0, 0.1) is 13.8 Å². The second-order valence-corrected chi connectivity index (χ2v) is 6.65. The maximum atomic E-state index is 11.6. The third-order valence-corrected chi connectivity index (χ3v) is 4.45. The lowest BCUT2D eigenvalue weighted by Crippen LogP contribution is -2.10. The average molecular weight is 398 g/mol. The van der Waals surface area contributed by atoms with Gasteiger partial charge in [0.15, 0.2) is 0 Å². The van der Waals surface area contributed by atoms with Crippen LogP contribution in [-0.2, 0) is 11.3 Å². The Bertz CT molecular complexity index is 1010. The minimum atomic E-state index is -0.592. The summed E-state index contributed by atoms with van der Waals surface area (Å²) in [5.41, 5.74) is 3.21. The number of aryl methyl sites for hydroxylation is 2. The maximum absolute atomic E-state index is 11.6. The van der Waals surface area contributed by atoms with Crippen LogP contribution in [-0.4, -0.2) is 23.0 Å². The van der Waals surface area contributed by atoms with E-state index in [4.69, 9.17) is 16.3 Å². The summed E-state index contributed by atoms with van der Waals surface area (Å²) in [4.78, 5) is 19.6. The Hall–Kier alpha value is -3.12. The molecule has 6 nitrogen and oxygen atoms in total. The van der Waals surface area contributed by atoms with Gasteiger partial charge in [-0.05, 0) is 61.4 Å². The van der Waals surface area contributed by atoms with E-state index in [9.17, 15) is 4.79 Å². The van der Waals surface area contributed by atoms with Crippen LogP contribution in [0.5, 0.6) is 11.5 Å².